The number of hydrogen-bond acceptors (Lipinski definition) is 2. The molecule has 0 saturated carbocycles. The highest BCUT2D eigenvalue weighted by Gasteiger charge is 2.21. The lowest BCUT2D eigenvalue weighted by atomic mass is 10.3. The van der Waals surface area contributed by atoms with E-state index >= 15 is 0 Å². The van der Waals surface area contributed by atoms with E-state index in [-0.39, 0.29) is 0 Å². The summed E-state index contributed by atoms with van der Waals surface area (Å²) < 4.78 is 26.0. The molecule has 0 saturated heterocycles. The molecule has 0 amide bonds. The van der Waals surface area contributed by atoms with Crippen LogP contribution >= 0.6 is 0 Å². The molecule has 80 valence electrons. The first-order chi connectivity index (χ1) is 5.96. The maximum absolute atomic E-state index is 11.6. The Balaban J connectivity index is 4.39. The molecule has 0 heterocycles. The van der Waals surface area contributed by atoms with Crippen molar-refractivity contribution in [3.63, 3.8) is 0 Å². The summed E-state index contributed by atoms with van der Waals surface area (Å²) in [5.41, 5.74) is 0. The molecule has 0 atom stereocenters. The lowest BCUT2D eigenvalue weighted by Gasteiger charge is -2.23. The molecule has 0 radical (unpaired) electrons. The van der Waals surface area contributed by atoms with Gasteiger partial charge in [0.1, 0.15) is 0 Å². The van der Waals surface area contributed by atoms with E-state index in [4.69, 9.17) is 0 Å². The molecule has 0 aliphatic carbocycles. The number of hydrogen-bond donors (Lipinski definition) is 0. The van der Waals surface area contributed by atoms with E-state index in [0.717, 1.165) is 12.8 Å². The average Bonchev–Trinajstić information content (AvgIpc) is 2.05. The van der Waals surface area contributed by atoms with Gasteiger partial charge in [-0.25, -0.2) is 0 Å². The van der Waals surface area contributed by atoms with E-state index in [0.29, 0.717) is 13.1 Å². The summed E-state index contributed by atoms with van der Waals surface area (Å²) in [6.07, 6.45) is 1.93. The highest BCUT2D eigenvalue weighted by atomic mass is 32.2. The van der Waals surface area contributed by atoms with Crippen molar-refractivity contribution in [2.45, 2.75) is 26.7 Å². The summed E-state index contributed by atoms with van der Waals surface area (Å²) in [5, 5.41) is 0. The number of rotatable bonds is 6. The second kappa shape index (κ2) is 5.57. The summed E-state index contributed by atoms with van der Waals surface area (Å²) in [5.74, 6) is 0. The fraction of sp³-hybridized carbons (Fsp3) is 1.00. The van der Waals surface area contributed by atoms with Crippen LogP contribution in [0.4, 0.5) is 0 Å². The summed E-state index contributed by atoms with van der Waals surface area (Å²) in [4.78, 5) is 0. The topological polar surface area (TPSA) is 40.6 Å². The molecule has 0 bridgehead atoms. The number of unbranched alkanes of at least 4 members (excludes halogenated alkanes) is 1. The molecule has 5 heteroatoms. The molecule has 0 N–H and O–H groups in total. The summed E-state index contributed by atoms with van der Waals surface area (Å²) in [6.45, 7) is 5.07. The van der Waals surface area contributed by atoms with Crippen LogP contribution in [0.5, 0.6) is 0 Å². The van der Waals surface area contributed by atoms with Crippen molar-refractivity contribution in [3.8, 4) is 0 Å². The zero-order valence-corrected chi connectivity index (χ0v) is 9.76. The third-order valence-electron chi connectivity index (χ3n) is 1.90. The van der Waals surface area contributed by atoms with Crippen molar-refractivity contribution >= 4 is 10.2 Å². The third kappa shape index (κ3) is 3.62. The van der Waals surface area contributed by atoms with Crippen LogP contribution in [-0.4, -0.2) is 44.2 Å². The van der Waals surface area contributed by atoms with E-state index < -0.39 is 10.2 Å². The van der Waals surface area contributed by atoms with E-state index in [1.54, 1.807) is 14.1 Å². The highest BCUT2D eigenvalue weighted by Crippen LogP contribution is 2.05. The molecule has 0 aliphatic rings. The molecule has 13 heavy (non-hydrogen) atoms. The Morgan fingerprint density at radius 2 is 1.69 bits per heavy atom. The van der Waals surface area contributed by atoms with Crippen LogP contribution in [0.1, 0.15) is 26.7 Å². The Hall–Kier alpha value is -0.130. The Morgan fingerprint density at radius 3 is 2.00 bits per heavy atom. The minimum atomic E-state index is -3.19. The van der Waals surface area contributed by atoms with Gasteiger partial charge in [-0.2, -0.15) is 17.0 Å². The molecular formula is C8H20N2O2S. The molecule has 0 fully saturated rings. The van der Waals surface area contributed by atoms with Crippen molar-refractivity contribution in [3.05, 3.63) is 0 Å². The minimum absolute atomic E-state index is 0.542. The molecule has 0 aliphatic heterocycles. The van der Waals surface area contributed by atoms with E-state index in [9.17, 15) is 8.42 Å². The zero-order valence-electron chi connectivity index (χ0n) is 8.95. The van der Waals surface area contributed by atoms with Crippen LogP contribution in [0.25, 0.3) is 0 Å². The van der Waals surface area contributed by atoms with Gasteiger partial charge in [0, 0.05) is 27.2 Å². The van der Waals surface area contributed by atoms with Gasteiger partial charge in [0.25, 0.3) is 10.2 Å². The largest absolute Gasteiger partial charge is 0.281 e. The lowest BCUT2D eigenvalue weighted by Crippen LogP contribution is -2.40. The molecule has 0 aromatic rings. The van der Waals surface area contributed by atoms with Crippen LogP contribution in [-0.2, 0) is 10.2 Å². The Bertz CT molecular complexity index is 224. The summed E-state index contributed by atoms with van der Waals surface area (Å²) >= 11 is 0. The van der Waals surface area contributed by atoms with Crippen molar-refractivity contribution < 1.29 is 8.42 Å². The van der Waals surface area contributed by atoms with Crippen molar-refractivity contribution in [2.75, 3.05) is 27.2 Å². The van der Waals surface area contributed by atoms with E-state index in [1.165, 1.54) is 8.61 Å². The third-order valence-corrected chi connectivity index (χ3v) is 3.92. The van der Waals surface area contributed by atoms with Crippen LogP contribution < -0.4 is 0 Å². The molecule has 0 spiro atoms. The fourth-order valence-corrected chi connectivity index (χ4v) is 2.15. The Kier molecular flexibility index (Phi) is 5.51. The maximum atomic E-state index is 11.6. The standard InChI is InChI=1S/C8H20N2O2S/c1-5-7-8-10(6-2)13(11,12)9(3)4/h5-8H2,1-4H3. The van der Waals surface area contributed by atoms with Crippen molar-refractivity contribution in [2.24, 2.45) is 0 Å². The maximum Gasteiger partial charge on any atom is 0.281 e. The zero-order chi connectivity index (χ0) is 10.5. The van der Waals surface area contributed by atoms with Crippen LogP contribution in [0, 0.1) is 0 Å². The lowest BCUT2D eigenvalue weighted by molar-refractivity contribution is 0.381. The normalized spacial score (nSPS) is 12.8. The Labute approximate surface area is 81.7 Å². The van der Waals surface area contributed by atoms with Crippen LogP contribution in [0.15, 0.2) is 0 Å². The Morgan fingerprint density at radius 1 is 1.15 bits per heavy atom. The van der Waals surface area contributed by atoms with Gasteiger partial charge in [0.2, 0.25) is 0 Å². The SMILES string of the molecule is CCCCN(CC)S(=O)(=O)N(C)C. The molecule has 0 rings (SSSR count). The smallest absolute Gasteiger partial charge is 0.195 e. The summed E-state index contributed by atoms with van der Waals surface area (Å²) in [7, 11) is -0.0757. The average molecular weight is 208 g/mol. The minimum Gasteiger partial charge on any atom is -0.195 e. The number of nitrogens with zero attached hydrogens (tertiary/aromatic N) is 2. The van der Waals surface area contributed by atoms with Crippen molar-refractivity contribution in [1.29, 1.82) is 0 Å². The second-order valence-corrected chi connectivity index (χ2v) is 5.28. The van der Waals surface area contributed by atoms with Gasteiger partial charge in [0.05, 0.1) is 0 Å². The monoisotopic (exact) mass is 208 g/mol. The first kappa shape index (κ1) is 12.9. The van der Waals surface area contributed by atoms with Crippen LogP contribution in [0.3, 0.4) is 0 Å². The van der Waals surface area contributed by atoms with Gasteiger partial charge in [-0.3, -0.25) is 0 Å². The van der Waals surface area contributed by atoms with Gasteiger partial charge in [-0.15, -0.1) is 0 Å². The van der Waals surface area contributed by atoms with E-state index in [1.807, 2.05) is 6.92 Å². The van der Waals surface area contributed by atoms with Crippen LogP contribution in [0.2, 0.25) is 0 Å². The molecule has 0 aromatic carbocycles. The quantitative estimate of drug-likeness (QED) is 0.651. The van der Waals surface area contributed by atoms with Gasteiger partial charge in [0.15, 0.2) is 0 Å². The van der Waals surface area contributed by atoms with Gasteiger partial charge in [-0.1, -0.05) is 20.3 Å². The summed E-state index contributed by atoms with van der Waals surface area (Å²) in [6, 6.07) is 0. The molecule has 4 nitrogen and oxygen atoms in total. The predicted octanol–water partition coefficient (Wildman–Crippen LogP) is 0.915. The fourth-order valence-electron chi connectivity index (χ4n) is 1.00. The highest BCUT2D eigenvalue weighted by molar-refractivity contribution is 7.86. The second-order valence-electron chi connectivity index (χ2n) is 3.14. The van der Waals surface area contributed by atoms with Crippen molar-refractivity contribution in [1.82, 2.24) is 8.61 Å². The molecule has 0 unspecified atom stereocenters. The predicted molar refractivity (Wildman–Crippen MR) is 54.8 cm³/mol. The first-order valence-corrected chi connectivity index (χ1v) is 6.04. The first-order valence-electron chi connectivity index (χ1n) is 4.64. The van der Waals surface area contributed by atoms with Gasteiger partial charge >= 0.3 is 0 Å². The van der Waals surface area contributed by atoms with Gasteiger partial charge in [-0.05, 0) is 6.42 Å². The molecule has 0 aromatic heterocycles. The van der Waals surface area contributed by atoms with Gasteiger partial charge < -0.3 is 0 Å². The van der Waals surface area contributed by atoms with E-state index in [2.05, 4.69) is 6.92 Å². The molecular weight excluding hydrogens is 188 g/mol.